The van der Waals surface area contributed by atoms with Gasteiger partial charge in [0.15, 0.2) is 5.82 Å². The number of hydrogen-bond donors (Lipinski definition) is 1. The maximum absolute atomic E-state index is 12.7. The third kappa shape index (κ3) is 6.35. The van der Waals surface area contributed by atoms with Crippen molar-refractivity contribution < 1.29 is 17.9 Å². The molecular formula is C28H37ClN6O4S. The maximum Gasteiger partial charge on any atom is 0.268 e. The molecule has 0 aliphatic heterocycles. The number of aromatic nitrogens is 5. The van der Waals surface area contributed by atoms with Crippen molar-refractivity contribution in [3.8, 4) is 11.7 Å². The lowest BCUT2D eigenvalue weighted by molar-refractivity contribution is 0.0869. The molecule has 0 atom stereocenters. The number of aryl methyl sites for hydroxylation is 1. The van der Waals surface area contributed by atoms with E-state index in [1.54, 1.807) is 32.3 Å². The second kappa shape index (κ2) is 12.3. The molecule has 216 valence electrons. The van der Waals surface area contributed by atoms with Gasteiger partial charge in [-0.1, -0.05) is 75.8 Å². The van der Waals surface area contributed by atoms with E-state index in [1.807, 2.05) is 4.72 Å². The molecule has 10 nitrogen and oxygen atoms in total. The summed E-state index contributed by atoms with van der Waals surface area (Å²) in [5.74, 6) is 2.04. The summed E-state index contributed by atoms with van der Waals surface area (Å²) < 4.78 is 36.6. The van der Waals surface area contributed by atoms with Crippen LogP contribution in [0.2, 0.25) is 5.15 Å². The molecule has 0 saturated heterocycles. The summed E-state index contributed by atoms with van der Waals surface area (Å²) in [6, 6.07) is 4.79. The normalized spacial score (nSPS) is 17.3. The van der Waals surface area contributed by atoms with Crippen molar-refractivity contribution in [3.05, 3.63) is 47.0 Å². The first-order valence-electron chi connectivity index (χ1n) is 14.1. The Morgan fingerprint density at radius 3 is 2.30 bits per heavy atom. The van der Waals surface area contributed by atoms with Crippen LogP contribution in [-0.2, 0) is 17.1 Å². The number of pyridine rings is 1. The Labute approximate surface area is 240 Å². The Morgan fingerprint density at radius 1 is 1.07 bits per heavy atom. The topological polar surface area (TPSA) is 121 Å². The van der Waals surface area contributed by atoms with Gasteiger partial charge in [0.05, 0.1) is 24.1 Å². The molecule has 1 amide bonds. The van der Waals surface area contributed by atoms with E-state index in [1.165, 1.54) is 85.8 Å². The molecule has 0 spiro atoms. The highest BCUT2D eigenvalue weighted by Gasteiger charge is 2.32. The number of nitrogens with zero attached hydrogens (tertiary/aromatic N) is 5. The van der Waals surface area contributed by atoms with Gasteiger partial charge in [-0.05, 0) is 36.8 Å². The zero-order valence-electron chi connectivity index (χ0n) is 23.1. The third-order valence-electron chi connectivity index (χ3n) is 8.52. The van der Waals surface area contributed by atoms with E-state index in [4.69, 9.17) is 16.3 Å². The molecule has 3 aromatic heterocycles. The smallest absolute Gasteiger partial charge is 0.268 e. The molecule has 0 radical (unpaired) electrons. The standard InChI is InChI=1S/C28H37ClN6O4S/c1-19-24(17-30-34(19)2)40(37,38)33-28(36)22-13-14-25(31-27(22)29)35-16-15-26(32-35)39-18-23(20-9-5-3-6-10-20)21-11-7-4-8-12-21/h13-17,20-21,23H,3-12,18H2,1-2H3,(H,33,36). The van der Waals surface area contributed by atoms with Gasteiger partial charge in [-0.2, -0.15) is 5.10 Å². The number of nitrogens with one attached hydrogen (secondary N) is 1. The summed E-state index contributed by atoms with van der Waals surface area (Å²) in [5, 5.41) is 8.32. The quantitative estimate of drug-likeness (QED) is 0.339. The summed E-state index contributed by atoms with van der Waals surface area (Å²) >= 11 is 6.31. The van der Waals surface area contributed by atoms with Gasteiger partial charge in [0, 0.05) is 19.3 Å². The fraction of sp³-hybridized carbons (Fsp3) is 0.571. The average Bonchev–Trinajstić information content (AvgIpc) is 3.56. The van der Waals surface area contributed by atoms with Gasteiger partial charge in [0.2, 0.25) is 5.88 Å². The number of hydrogen-bond acceptors (Lipinski definition) is 7. The van der Waals surface area contributed by atoms with Gasteiger partial charge in [0.1, 0.15) is 10.0 Å². The summed E-state index contributed by atoms with van der Waals surface area (Å²) in [4.78, 5) is 17.0. The Kier molecular flexibility index (Phi) is 8.80. The number of carbonyl (C=O) groups excluding carboxylic acids is 1. The predicted octanol–water partition coefficient (Wildman–Crippen LogP) is 5.24. The molecular weight excluding hydrogens is 552 g/mol. The van der Waals surface area contributed by atoms with Crippen LogP contribution in [0.1, 0.15) is 80.3 Å². The van der Waals surface area contributed by atoms with Crippen LogP contribution in [0.3, 0.4) is 0 Å². The minimum Gasteiger partial charge on any atom is -0.476 e. The van der Waals surface area contributed by atoms with Crippen LogP contribution >= 0.6 is 11.6 Å². The second-order valence-electron chi connectivity index (χ2n) is 11.0. The third-order valence-corrected chi connectivity index (χ3v) is 10.2. The van der Waals surface area contributed by atoms with Gasteiger partial charge < -0.3 is 4.74 Å². The van der Waals surface area contributed by atoms with Crippen LogP contribution < -0.4 is 9.46 Å². The van der Waals surface area contributed by atoms with Crippen LogP contribution in [0, 0.1) is 24.7 Å². The maximum atomic E-state index is 12.7. The summed E-state index contributed by atoms with van der Waals surface area (Å²) in [6.07, 6.45) is 16.1. The SMILES string of the molecule is Cc1c(S(=O)(=O)NC(=O)c2ccc(-n3ccc(OCC(C4CCCCC4)C4CCCCC4)n3)nc2Cl)cnn1C. The average molecular weight is 589 g/mol. The van der Waals surface area contributed by atoms with E-state index in [9.17, 15) is 13.2 Å². The highest BCUT2D eigenvalue weighted by Crippen LogP contribution is 2.40. The Balaban J connectivity index is 1.25. The molecule has 2 saturated carbocycles. The zero-order chi connectivity index (χ0) is 28.3. The van der Waals surface area contributed by atoms with E-state index < -0.39 is 15.9 Å². The number of rotatable bonds is 9. The van der Waals surface area contributed by atoms with E-state index in [0.717, 1.165) is 11.8 Å². The number of amides is 1. The van der Waals surface area contributed by atoms with Gasteiger partial charge in [-0.25, -0.2) is 22.8 Å². The van der Waals surface area contributed by atoms with Crippen LogP contribution in [0.4, 0.5) is 0 Å². The van der Waals surface area contributed by atoms with Crippen molar-refractivity contribution >= 4 is 27.5 Å². The summed E-state index contributed by atoms with van der Waals surface area (Å²) in [6.45, 7) is 2.27. The lowest BCUT2D eigenvalue weighted by atomic mass is 9.70. The molecule has 0 unspecified atom stereocenters. The molecule has 2 fully saturated rings. The second-order valence-corrected chi connectivity index (χ2v) is 13.0. The molecule has 0 bridgehead atoms. The van der Waals surface area contributed by atoms with Crippen molar-refractivity contribution in [1.29, 1.82) is 0 Å². The van der Waals surface area contributed by atoms with E-state index in [0.29, 0.717) is 29.9 Å². The molecule has 3 heterocycles. The van der Waals surface area contributed by atoms with Gasteiger partial charge in [-0.3, -0.25) is 9.48 Å². The number of halogens is 1. The minimum atomic E-state index is -4.13. The molecule has 0 aromatic carbocycles. The van der Waals surface area contributed by atoms with Gasteiger partial charge in [-0.15, -0.1) is 5.10 Å². The van der Waals surface area contributed by atoms with Crippen LogP contribution in [0.15, 0.2) is 35.5 Å². The minimum absolute atomic E-state index is 0.0676. The van der Waals surface area contributed by atoms with Crippen LogP contribution in [0.25, 0.3) is 5.82 Å². The fourth-order valence-electron chi connectivity index (χ4n) is 6.17. The highest BCUT2D eigenvalue weighted by atomic mass is 35.5. The first kappa shape index (κ1) is 28.6. The molecule has 12 heteroatoms. The molecule has 1 N–H and O–H groups in total. The molecule has 2 aliphatic carbocycles. The number of ether oxygens (including phenoxy) is 1. The summed E-state index contributed by atoms with van der Waals surface area (Å²) in [5.41, 5.74) is 0.336. The summed E-state index contributed by atoms with van der Waals surface area (Å²) in [7, 11) is -2.51. The first-order valence-corrected chi connectivity index (χ1v) is 16.0. The zero-order valence-corrected chi connectivity index (χ0v) is 24.6. The van der Waals surface area contributed by atoms with Crippen molar-refractivity contribution in [2.75, 3.05) is 6.61 Å². The van der Waals surface area contributed by atoms with Gasteiger partial charge in [0.25, 0.3) is 15.9 Å². The Morgan fingerprint density at radius 2 is 1.73 bits per heavy atom. The lowest BCUT2D eigenvalue weighted by Gasteiger charge is -2.37. The van der Waals surface area contributed by atoms with Crippen molar-refractivity contribution in [2.24, 2.45) is 24.8 Å². The molecule has 5 rings (SSSR count). The predicted molar refractivity (Wildman–Crippen MR) is 151 cm³/mol. The van der Waals surface area contributed by atoms with E-state index in [-0.39, 0.29) is 15.6 Å². The van der Waals surface area contributed by atoms with Crippen molar-refractivity contribution in [3.63, 3.8) is 0 Å². The first-order chi connectivity index (χ1) is 19.2. The van der Waals surface area contributed by atoms with Crippen LogP contribution in [-0.4, -0.2) is 45.5 Å². The monoisotopic (exact) mass is 588 g/mol. The van der Waals surface area contributed by atoms with Crippen molar-refractivity contribution in [1.82, 2.24) is 29.3 Å². The van der Waals surface area contributed by atoms with Gasteiger partial charge >= 0.3 is 0 Å². The van der Waals surface area contributed by atoms with E-state index >= 15 is 0 Å². The number of carbonyl (C=O) groups is 1. The van der Waals surface area contributed by atoms with Crippen LogP contribution in [0.5, 0.6) is 5.88 Å². The molecule has 3 aromatic rings. The number of sulfonamides is 1. The largest absolute Gasteiger partial charge is 0.476 e. The van der Waals surface area contributed by atoms with E-state index in [2.05, 4.69) is 15.2 Å². The lowest BCUT2D eigenvalue weighted by Crippen LogP contribution is -2.32. The Bertz CT molecular complexity index is 1420. The highest BCUT2D eigenvalue weighted by molar-refractivity contribution is 7.90. The fourth-order valence-corrected chi connectivity index (χ4v) is 7.58. The van der Waals surface area contributed by atoms with Crippen molar-refractivity contribution in [2.45, 2.75) is 76.0 Å². The molecule has 40 heavy (non-hydrogen) atoms. The molecule has 2 aliphatic rings. The Hall–Kier alpha value is -2.92.